The summed E-state index contributed by atoms with van der Waals surface area (Å²) in [6, 6.07) is 12.8. The minimum absolute atomic E-state index is 0.0498. The van der Waals surface area contributed by atoms with E-state index >= 15 is 0 Å². The first-order valence-corrected chi connectivity index (χ1v) is 7.94. The van der Waals surface area contributed by atoms with Gasteiger partial charge in [0.05, 0.1) is 27.7 Å². The highest BCUT2D eigenvalue weighted by Gasteiger charge is 2.16. The molecule has 1 N–H and O–H groups in total. The molecule has 0 fully saturated rings. The summed E-state index contributed by atoms with van der Waals surface area (Å²) in [6.45, 7) is -0.299. The smallest absolute Gasteiger partial charge is 0.407 e. The second-order valence-corrected chi connectivity index (χ2v) is 5.79. The highest BCUT2D eigenvalue weighted by Crippen LogP contribution is 2.22. The number of anilines is 1. The van der Waals surface area contributed by atoms with E-state index < -0.39 is 16.6 Å². The number of pyridine rings is 1. The van der Waals surface area contributed by atoms with Crippen LogP contribution in [0.1, 0.15) is 0 Å². The first-order chi connectivity index (χ1) is 13.0. The number of benzene rings is 2. The van der Waals surface area contributed by atoms with Crippen LogP contribution in [0.15, 0.2) is 63.9 Å². The summed E-state index contributed by atoms with van der Waals surface area (Å²) < 4.78 is 6.14. The van der Waals surface area contributed by atoms with Gasteiger partial charge in [0.25, 0.3) is 5.69 Å². The van der Waals surface area contributed by atoms with Crippen molar-refractivity contribution >= 4 is 39.3 Å². The summed E-state index contributed by atoms with van der Waals surface area (Å²) in [6.07, 6.45) is 1.62. The van der Waals surface area contributed by atoms with Crippen molar-refractivity contribution in [2.24, 2.45) is 0 Å². The number of non-ortho nitro benzene ring substituents is 1. The number of nitrogens with zero attached hydrogens (tertiary/aromatic N) is 3. The van der Waals surface area contributed by atoms with Crippen LogP contribution < -0.4 is 11.1 Å². The maximum absolute atomic E-state index is 12.4. The molecule has 1 amide bonds. The van der Waals surface area contributed by atoms with E-state index in [1.807, 2.05) is 12.1 Å². The second-order valence-electron chi connectivity index (χ2n) is 5.79. The van der Waals surface area contributed by atoms with Gasteiger partial charge in [0, 0.05) is 17.6 Å². The van der Waals surface area contributed by atoms with Gasteiger partial charge in [-0.1, -0.05) is 18.2 Å². The van der Waals surface area contributed by atoms with Crippen LogP contribution in [0, 0.1) is 10.1 Å². The molecule has 9 heteroatoms. The lowest BCUT2D eigenvalue weighted by Gasteiger charge is -2.08. The van der Waals surface area contributed by atoms with E-state index in [-0.39, 0.29) is 17.8 Å². The zero-order valence-corrected chi connectivity index (χ0v) is 13.8. The summed E-state index contributed by atoms with van der Waals surface area (Å²) in [4.78, 5) is 39.0. The molecule has 0 bridgehead atoms. The summed E-state index contributed by atoms with van der Waals surface area (Å²) in [5.41, 5.74) is 1.31. The minimum Gasteiger partial charge on any atom is -0.407 e. The van der Waals surface area contributed by atoms with Gasteiger partial charge in [0.2, 0.25) is 5.91 Å². The first-order valence-electron chi connectivity index (χ1n) is 7.94. The summed E-state index contributed by atoms with van der Waals surface area (Å²) >= 11 is 0. The second kappa shape index (κ2) is 6.37. The van der Waals surface area contributed by atoms with Crippen molar-refractivity contribution in [3.63, 3.8) is 0 Å². The van der Waals surface area contributed by atoms with Gasteiger partial charge in [-0.2, -0.15) is 0 Å². The molecule has 0 unspecified atom stereocenters. The largest absolute Gasteiger partial charge is 0.420 e. The number of fused-ring (bicyclic) bond motifs is 2. The summed E-state index contributed by atoms with van der Waals surface area (Å²) in [5.74, 6) is -1.21. The van der Waals surface area contributed by atoms with E-state index in [1.54, 1.807) is 24.4 Å². The normalized spacial score (nSPS) is 11.0. The molecule has 0 spiro atoms. The molecule has 0 aliphatic rings. The number of nitrogens with one attached hydrogen (secondary N) is 1. The highest BCUT2D eigenvalue weighted by molar-refractivity contribution is 6.00. The lowest BCUT2D eigenvalue weighted by atomic mass is 10.2. The molecule has 0 atom stereocenters. The zero-order valence-electron chi connectivity index (χ0n) is 13.8. The van der Waals surface area contributed by atoms with Crippen molar-refractivity contribution in [2.45, 2.75) is 6.54 Å². The lowest BCUT2D eigenvalue weighted by Crippen LogP contribution is -2.24. The molecular formula is C18H12N4O5. The molecule has 0 aliphatic heterocycles. The highest BCUT2D eigenvalue weighted by atomic mass is 16.6. The predicted molar refractivity (Wildman–Crippen MR) is 97.5 cm³/mol. The van der Waals surface area contributed by atoms with Gasteiger partial charge in [-0.3, -0.25) is 24.5 Å². The number of hydrogen-bond acceptors (Lipinski definition) is 6. The standard InChI is InChI=1S/C18H12N4O5/c23-16(20-13-5-1-3-11-4-2-8-19-17(11)13)10-21-14-7-6-12(22(25)26)9-15(14)27-18(21)24/h1-9H,10H2,(H,20,23). The number of carbonyl (C=O) groups is 1. The Morgan fingerprint density at radius 1 is 1.22 bits per heavy atom. The Kier molecular flexibility index (Phi) is 3.88. The Morgan fingerprint density at radius 3 is 2.85 bits per heavy atom. The van der Waals surface area contributed by atoms with Gasteiger partial charge >= 0.3 is 5.76 Å². The minimum atomic E-state index is -0.767. The number of rotatable bonds is 4. The first kappa shape index (κ1) is 16.5. The molecule has 4 rings (SSSR count). The number of hydrogen-bond donors (Lipinski definition) is 1. The molecule has 27 heavy (non-hydrogen) atoms. The molecule has 4 aromatic rings. The van der Waals surface area contributed by atoms with Crippen LogP contribution >= 0.6 is 0 Å². The van der Waals surface area contributed by atoms with Crippen molar-refractivity contribution in [1.82, 2.24) is 9.55 Å². The average molecular weight is 364 g/mol. The quantitative estimate of drug-likeness (QED) is 0.439. The fraction of sp³-hybridized carbons (Fsp3) is 0.0556. The number of aromatic nitrogens is 2. The van der Waals surface area contributed by atoms with E-state index in [0.29, 0.717) is 16.7 Å². The Balaban J connectivity index is 1.64. The maximum Gasteiger partial charge on any atom is 0.420 e. The number of oxazole rings is 1. The predicted octanol–water partition coefficient (Wildman–Crippen LogP) is 2.69. The van der Waals surface area contributed by atoms with Crippen molar-refractivity contribution in [3.8, 4) is 0 Å². The average Bonchev–Trinajstić information content (AvgIpc) is 2.96. The number of para-hydroxylation sites is 1. The molecule has 2 aromatic heterocycles. The molecule has 0 aliphatic carbocycles. The van der Waals surface area contributed by atoms with Crippen molar-refractivity contribution in [2.75, 3.05) is 5.32 Å². The molecule has 134 valence electrons. The van der Waals surface area contributed by atoms with Crippen LogP contribution in [-0.2, 0) is 11.3 Å². The molecule has 0 saturated heterocycles. The molecular weight excluding hydrogens is 352 g/mol. The van der Waals surface area contributed by atoms with E-state index in [1.165, 1.54) is 12.1 Å². The van der Waals surface area contributed by atoms with Gasteiger partial charge in [-0.25, -0.2) is 4.79 Å². The van der Waals surface area contributed by atoms with Crippen molar-refractivity contribution in [3.05, 3.63) is 75.4 Å². The number of carbonyl (C=O) groups excluding carboxylic acids is 1. The third kappa shape index (κ3) is 3.01. The van der Waals surface area contributed by atoms with Gasteiger partial charge in [0.15, 0.2) is 5.58 Å². The molecule has 0 saturated carbocycles. The van der Waals surface area contributed by atoms with Gasteiger partial charge in [-0.05, 0) is 18.2 Å². The van der Waals surface area contributed by atoms with Gasteiger partial charge < -0.3 is 9.73 Å². The Labute approximate surface area is 151 Å². The Hall–Kier alpha value is -4.01. The van der Waals surface area contributed by atoms with E-state index in [0.717, 1.165) is 16.0 Å². The van der Waals surface area contributed by atoms with Crippen molar-refractivity contribution in [1.29, 1.82) is 0 Å². The third-order valence-corrected chi connectivity index (χ3v) is 4.07. The van der Waals surface area contributed by atoms with Crippen LogP contribution in [0.25, 0.3) is 22.0 Å². The van der Waals surface area contributed by atoms with Crippen LogP contribution in [-0.4, -0.2) is 20.4 Å². The maximum atomic E-state index is 12.4. The molecule has 2 heterocycles. The van der Waals surface area contributed by atoms with E-state index in [9.17, 15) is 19.7 Å². The van der Waals surface area contributed by atoms with E-state index in [4.69, 9.17) is 4.42 Å². The van der Waals surface area contributed by atoms with Crippen LogP contribution in [0.4, 0.5) is 11.4 Å². The SMILES string of the molecule is O=C(Cn1c(=O)oc2cc([N+](=O)[O-])ccc21)Nc1cccc2cccnc12. The number of amides is 1. The Bertz CT molecular complexity index is 1250. The fourth-order valence-electron chi connectivity index (χ4n) is 2.86. The molecule has 2 aromatic carbocycles. The van der Waals surface area contributed by atoms with E-state index in [2.05, 4.69) is 10.3 Å². The van der Waals surface area contributed by atoms with Gasteiger partial charge in [-0.15, -0.1) is 0 Å². The van der Waals surface area contributed by atoms with Crippen LogP contribution in [0.2, 0.25) is 0 Å². The number of nitro groups is 1. The third-order valence-electron chi connectivity index (χ3n) is 4.07. The number of nitro benzene ring substituents is 1. The van der Waals surface area contributed by atoms with Crippen LogP contribution in [0.5, 0.6) is 0 Å². The molecule has 0 radical (unpaired) electrons. The zero-order chi connectivity index (χ0) is 19.0. The van der Waals surface area contributed by atoms with Crippen LogP contribution in [0.3, 0.4) is 0 Å². The summed E-state index contributed by atoms with van der Waals surface area (Å²) in [5, 5.41) is 14.4. The molecule has 9 nitrogen and oxygen atoms in total. The summed E-state index contributed by atoms with van der Waals surface area (Å²) in [7, 11) is 0. The van der Waals surface area contributed by atoms with Gasteiger partial charge in [0.1, 0.15) is 6.54 Å². The Morgan fingerprint density at radius 2 is 2.04 bits per heavy atom. The van der Waals surface area contributed by atoms with Crippen molar-refractivity contribution < 1.29 is 14.1 Å². The topological polar surface area (TPSA) is 120 Å². The lowest BCUT2D eigenvalue weighted by molar-refractivity contribution is -0.384. The fourth-order valence-corrected chi connectivity index (χ4v) is 2.86. The monoisotopic (exact) mass is 364 g/mol.